The Morgan fingerprint density at radius 3 is 2.82 bits per heavy atom. The molecule has 1 aromatic carbocycles. The number of halogens is 1. The van der Waals surface area contributed by atoms with Crippen LogP contribution in [0.2, 0.25) is 0 Å². The van der Waals surface area contributed by atoms with Gasteiger partial charge >= 0.3 is 0 Å². The first-order chi connectivity index (χ1) is 8.11. The molecule has 0 aliphatic heterocycles. The van der Waals surface area contributed by atoms with Gasteiger partial charge in [-0.25, -0.2) is 9.82 Å². The van der Waals surface area contributed by atoms with Gasteiger partial charge in [-0.1, -0.05) is 12.1 Å². The van der Waals surface area contributed by atoms with Gasteiger partial charge in [-0.2, -0.15) is 0 Å². The van der Waals surface area contributed by atoms with E-state index < -0.39 is 0 Å². The quantitative estimate of drug-likeness (QED) is 0.627. The number of rotatable bonds is 4. The van der Waals surface area contributed by atoms with Crippen molar-refractivity contribution in [2.24, 2.45) is 5.84 Å². The Hall–Kier alpha value is -1.43. The summed E-state index contributed by atoms with van der Waals surface area (Å²) in [5.74, 6) is 5.77. The zero-order valence-corrected chi connectivity index (χ0v) is 9.90. The molecule has 0 fully saturated rings. The van der Waals surface area contributed by atoms with E-state index in [1.807, 2.05) is 31.1 Å². The third kappa shape index (κ3) is 2.46. The summed E-state index contributed by atoms with van der Waals surface area (Å²) in [5.41, 5.74) is 2.95. The van der Waals surface area contributed by atoms with Crippen molar-refractivity contribution in [3.63, 3.8) is 0 Å². The molecule has 0 saturated heterocycles. The molecule has 0 saturated carbocycles. The zero-order valence-electron chi connectivity index (χ0n) is 9.90. The fourth-order valence-electron chi connectivity index (χ4n) is 1.81. The van der Waals surface area contributed by atoms with Gasteiger partial charge in [-0.3, -0.25) is 5.84 Å². The number of furan rings is 1. The molecule has 1 aromatic heterocycles. The van der Waals surface area contributed by atoms with E-state index in [0.717, 1.165) is 5.39 Å². The third-order valence-corrected chi connectivity index (χ3v) is 2.61. The molecule has 1 heterocycles. The van der Waals surface area contributed by atoms with Gasteiger partial charge in [0.1, 0.15) is 5.76 Å². The minimum atomic E-state index is -0.352. The number of hydrogen-bond acceptors (Lipinski definition) is 4. The van der Waals surface area contributed by atoms with E-state index in [1.54, 1.807) is 6.07 Å². The Morgan fingerprint density at radius 2 is 2.24 bits per heavy atom. The second kappa shape index (κ2) is 4.83. The van der Waals surface area contributed by atoms with Crippen LogP contribution in [0.5, 0.6) is 0 Å². The lowest BCUT2D eigenvalue weighted by Crippen LogP contribution is -2.35. The predicted molar refractivity (Wildman–Crippen MR) is 64.8 cm³/mol. The lowest BCUT2D eigenvalue weighted by molar-refractivity contribution is 0.314. The van der Waals surface area contributed by atoms with Gasteiger partial charge in [0.15, 0.2) is 11.4 Å². The standard InChI is InChI=1S/C12H16FN3O/c1-16(2)7-10(15-14)11-6-8-4-3-5-9(13)12(8)17-11/h3-6,10,15H,7,14H2,1-2H3. The van der Waals surface area contributed by atoms with Crippen LogP contribution in [0.1, 0.15) is 11.8 Å². The molecule has 0 aliphatic carbocycles. The largest absolute Gasteiger partial charge is 0.456 e. The van der Waals surface area contributed by atoms with E-state index in [2.05, 4.69) is 5.43 Å². The smallest absolute Gasteiger partial charge is 0.169 e. The second-order valence-electron chi connectivity index (χ2n) is 4.29. The normalized spacial score (nSPS) is 13.5. The van der Waals surface area contributed by atoms with Crippen LogP contribution in [0.4, 0.5) is 4.39 Å². The first kappa shape index (κ1) is 12.0. The number of nitrogens with two attached hydrogens (primary N) is 1. The predicted octanol–water partition coefficient (Wildman–Crippen LogP) is 1.64. The summed E-state index contributed by atoms with van der Waals surface area (Å²) in [6, 6.07) is 6.51. The van der Waals surface area contributed by atoms with Gasteiger partial charge in [0, 0.05) is 11.9 Å². The molecule has 2 aromatic rings. The molecule has 0 spiro atoms. The average Bonchev–Trinajstić information content (AvgIpc) is 2.70. The van der Waals surface area contributed by atoms with Gasteiger partial charge in [0.05, 0.1) is 6.04 Å². The highest BCUT2D eigenvalue weighted by Gasteiger charge is 2.17. The number of fused-ring (bicyclic) bond motifs is 1. The van der Waals surface area contributed by atoms with Crippen molar-refractivity contribution >= 4 is 11.0 Å². The number of nitrogens with zero attached hydrogens (tertiary/aromatic N) is 1. The SMILES string of the molecule is CN(C)CC(NN)c1cc2cccc(F)c2o1. The number of hydrazine groups is 1. The lowest BCUT2D eigenvalue weighted by Gasteiger charge is -2.17. The van der Waals surface area contributed by atoms with Crippen molar-refractivity contribution in [1.82, 2.24) is 10.3 Å². The van der Waals surface area contributed by atoms with Crippen molar-refractivity contribution in [1.29, 1.82) is 0 Å². The molecule has 4 nitrogen and oxygen atoms in total. The molecule has 0 amide bonds. The van der Waals surface area contributed by atoms with E-state index in [-0.39, 0.29) is 17.4 Å². The number of para-hydroxylation sites is 1. The highest BCUT2D eigenvalue weighted by atomic mass is 19.1. The molecule has 2 rings (SSSR count). The minimum absolute atomic E-state index is 0.156. The average molecular weight is 237 g/mol. The van der Waals surface area contributed by atoms with Crippen LogP contribution >= 0.6 is 0 Å². The van der Waals surface area contributed by atoms with Crippen LogP contribution < -0.4 is 11.3 Å². The zero-order chi connectivity index (χ0) is 12.4. The maximum Gasteiger partial charge on any atom is 0.169 e. The van der Waals surface area contributed by atoms with Gasteiger partial charge in [-0.15, -0.1) is 0 Å². The molecule has 3 N–H and O–H groups in total. The summed E-state index contributed by atoms with van der Waals surface area (Å²) >= 11 is 0. The van der Waals surface area contributed by atoms with Crippen LogP contribution in [0.15, 0.2) is 28.7 Å². The van der Waals surface area contributed by atoms with Crippen molar-refractivity contribution in [2.45, 2.75) is 6.04 Å². The molecule has 1 atom stereocenters. The molecule has 1 unspecified atom stereocenters. The topological polar surface area (TPSA) is 54.4 Å². The molecule has 0 radical (unpaired) electrons. The summed E-state index contributed by atoms with van der Waals surface area (Å²) in [6.07, 6.45) is 0. The van der Waals surface area contributed by atoms with Crippen molar-refractivity contribution in [3.8, 4) is 0 Å². The monoisotopic (exact) mass is 237 g/mol. The van der Waals surface area contributed by atoms with Crippen LogP contribution in [-0.2, 0) is 0 Å². The molecule has 17 heavy (non-hydrogen) atoms. The summed E-state index contributed by atoms with van der Waals surface area (Å²) in [4.78, 5) is 1.98. The Bertz CT molecular complexity index is 509. The summed E-state index contributed by atoms with van der Waals surface area (Å²) in [5, 5.41) is 0.749. The molecule has 92 valence electrons. The van der Waals surface area contributed by atoms with E-state index in [0.29, 0.717) is 12.3 Å². The van der Waals surface area contributed by atoms with E-state index >= 15 is 0 Å². The molecule has 5 heteroatoms. The Kier molecular flexibility index (Phi) is 3.42. The third-order valence-electron chi connectivity index (χ3n) is 2.61. The van der Waals surface area contributed by atoms with Crippen LogP contribution in [0, 0.1) is 5.82 Å². The van der Waals surface area contributed by atoms with E-state index in [1.165, 1.54) is 6.07 Å². The first-order valence-corrected chi connectivity index (χ1v) is 5.40. The fourth-order valence-corrected chi connectivity index (χ4v) is 1.81. The Balaban J connectivity index is 2.37. The van der Waals surface area contributed by atoms with Crippen molar-refractivity contribution in [3.05, 3.63) is 35.8 Å². The summed E-state index contributed by atoms with van der Waals surface area (Å²) in [6.45, 7) is 0.679. The number of likely N-dealkylation sites (N-methyl/N-ethyl adjacent to an activating group) is 1. The Labute approximate surface area is 99.2 Å². The minimum Gasteiger partial charge on any atom is -0.456 e. The molecular formula is C12H16FN3O. The maximum absolute atomic E-state index is 13.5. The number of hydrogen-bond donors (Lipinski definition) is 2. The lowest BCUT2D eigenvalue weighted by atomic mass is 10.2. The summed E-state index contributed by atoms with van der Waals surface area (Å²) in [7, 11) is 3.88. The number of nitrogens with one attached hydrogen (secondary N) is 1. The van der Waals surface area contributed by atoms with Crippen molar-refractivity contribution in [2.75, 3.05) is 20.6 Å². The first-order valence-electron chi connectivity index (χ1n) is 5.40. The highest BCUT2D eigenvalue weighted by molar-refractivity contribution is 5.78. The van der Waals surface area contributed by atoms with Gasteiger partial charge in [0.25, 0.3) is 0 Å². The Morgan fingerprint density at radius 1 is 1.47 bits per heavy atom. The molecule has 0 aliphatic rings. The van der Waals surface area contributed by atoms with Crippen LogP contribution in [-0.4, -0.2) is 25.5 Å². The van der Waals surface area contributed by atoms with Gasteiger partial charge in [-0.05, 0) is 26.2 Å². The maximum atomic E-state index is 13.5. The van der Waals surface area contributed by atoms with Gasteiger partial charge < -0.3 is 9.32 Å². The van der Waals surface area contributed by atoms with Crippen LogP contribution in [0.3, 0.4) is 0 Å². The molecule has 0 bridgehead atoms. The molecular weight excluding hydrogens is 221 g/mol. The van der Waals surface area contributed by atoms with Crippen LogP contribution in [0.25, 0.3) is 11.0 Å². The van der Waals surface area contributed by atoms with E-state index in [9.17, 15) is 4.39 Å². The van der Waals surface area contributed by atoms with E-state index in [4.69, 9.17) is 10.3 Å². The highest BCUT2D eigenvalue weighted by Crippen LogP contribution is 2.25. The van der Waals surface area contributed by atoms with Crippen molar-refractivity contribution < 1.29 is 8.81 Å². The fraction of sp³-hybridized carbons (Fsp3) is 0.333. The second-order valence-corrected chi connectivity index (χ2v) is 4.29. The summed E-state index contributed by atoms with van der Waals surface area (Å²) < 4.78 is 19.0. The van der Waals surface area contributed by atoms with Gasteiger partial charge in [0.2, 0.25) is 0 Å². The number of benzene rings is 1.